The first-order valence-corrected chi connectivity index (χ1v) is 10.1. The lowest BCUT2D eigenvalue weighted by Crippen LogP contribution is -2.45. The first-order chi connectivity index (χ1) is 13.7. The highest BCUT2D eigenvalue weighted by Crippen LogP contribution is 2.27. The van der Waals surface area contributed by atoms with Crippen molar-refractivity contribution >= 4 is 41.5 Å². The fourth-order valence-corrected chi connectivity index (χ4v) is 4.32. The van der Waals surface area contributed by atoms with E-state index in [0.29, 0.717) is 5.92 Å². The van der Waals surface area contributed by atoms with E-state index in [4.69, 9.17) is 0 Å². The van der Waals surface area contributed by atoms with Crippen molar-refractivity contribution in [1.29, 1.82) is 0 Å². The number of para-hydroxylation sites is 1. The molecule has 1 unspecified atom stereocenters. The summed E-state index contributed by atoms with van der Waals surface area (Å²) in [6.45, 7) is 3.01. The summed E-state index contributed by atoms with van der Waals surface area (Å²) in [6.07, 6.45) is 3.19. The summed E-state index contributed by atoms with van der Waals surface area (Å²) in [5, 5.41) is 3.29. The van der Waals surface area contributed by atoms with Crippen LogP contribution in [0.4, 0.5) is 5.69 Å². The van der Waals surface area contributed by atoms with E-state index >= 15 is 0 Å². The van der Waals surface area contributed by atoms with E-state index < -0.39 is 0 Å². The van der Waals surface area contributed by atoms with Gasteiger partial charge in [-0.3, -0.25) is 9.79 Å². The van der Waals surface area contributed by atoms with E-state index in [9.17, 15) is 4.79 Å². The molecule has 6 heteroatoms. The van der Waals surface area contributed by atoms with Gasteiger partial charge in [-0.15, -0.1) is 24.0 Å². The molecule has 0 saturated carbocycles. The van der Waals surface area contributed by atoms with Crippen LogP contribution >= 0.6 is 24.0 Å². The highest BCUT2D eigenvalue weighted by atomic mass is 127. The van der Waals surface area contributed by atoms with Crippen LogP contribution in [0.1, 0.15) is 17.5 Å². The minimum Gasteiger partial charge on any atom is -0.347 e. The Morgan fingerprint density at radius 2 is 1.86 bits per heavy atom. The summed E-state index contributed by atoms with van der Waals surface area (Å²) in [5.41, 5.74) is 3.69. The molecule has 1 N–H and O–H groups in total. The Kier molecular flexibility index (Phi) is 7.52. The molecule has 29 heavy (non-hydrogen) atoms. The smallest absolute Gasteiger partial charge is 0.246 e. The summed E-state index contributed by atoms with van der Waals surface area (Å²) in [4.78, 5) is 21.3. The van der Waals surface area contributed by atoms with Crippen LogP contribution in [0.3, 0.4) is 0 Å². The van der Waals surface area contributed by atoms with Gasteiger partial charge in [0.15, 0.2) is 5.96 Å². The average molecular weight is 504 g/mol. The van der Waals surface area contributed by atoms with Gasteiger partial charge in [0, 0.05) is 32.4 Å². The Hall–Kier alpha value is -2.09. The molecule has 0 spiro atoms. The number of carbonyl (C=O) groups is 1. The number of carbonyl (C=O) groups excluding carboxylic acids is 1. The van der Waals surface area contributed by atoms with E-state index in [2.05, 4.69) is 51.6 Å². The van der Waals surface area contributed by atoms with Gasteiger partial charge in [0.1, 0.15) is 0 Å². The monoisotopic (exact) mass is 504 g/mol. The Balaban J connectivity index is 0.00000240. The highest BCUT2D eigenvalue weighted by molar-refractivity contribution is 14.0. The van der Waals surface area contributed by atoms with E-state index in [-0.39, 0.29) is 36.4 Å². The van der Waals surface area contributed by atoms with Gasteiger partial charge in [0.25, 0.3) is 0 Å². The normalized spacial score (nSPS) is 18.4. The maximum atomic E-state index is 12.7. The largest absolute Gasteiger partial charge is 0.347 e. The second-order valence-corrected chi connectivity index (χ2v) is 7.62. The number of fused-ring (bicyclic) bond motifs is 1. The molecule has 0 bridgehead atoms. The number of hydrogen-bond donors (Lipinski definition) is 1. The number of hydrogen-bond acceptors (Lipinski definition) is 2. The maximum absolute atomic E-state index is 12.7. The van der Waals surface area contributed by atoms with Gasteiger partial charge in [0.2, 0.25) is 5.91 Å². The predicted molar refractivity (Wildman–Crippen MR) is 129 cm³/mol. The molecular weight excluding hydrogens is 475 g/mol. The molecule has 1 atom stereocenters. The number of rotatable bonds is 4. The summed E-state index contributed by atoms with van der Waals surface area (Å²) < 4.78 is 0. The minimum absolute atomic E-state index is 0. The van der Waals surface area contributed by atoms with Crippen molar-refractivity contribution in [2.45, 2.75) is 19.3 Å². The van der Waals surface area contributed by atoms with Gasteiger partial charge in [-0.05, 0) is 42.4 Å². The van der Waals surface area contributed by atoms with Crippen molar-refractivity contribution in [2.75, 3.05) is 38.1 Å². The third-order valence-electron chi connectivity index (χ3n) is 5.75. The second kappa shape index (κ2) is 10.1. The van der Waals surface area contributed by atoms with Crippen LogP contribution < -0.4 is 10.2 Å². The van der Waals surface area contributed by atoms with E-state index in [1.165, 1.54) is 11.1 Å². The van der Waals surface area contributed by atoms with Crippen LogP contribution in [-0.2, 0) is 17.6 Å². The number of nitrogens with zero attached hydrogens (tertiary/aromatic N) is 3. The fraction of sp³-hybridized carbons (Fsp3) is 0.391. The summed E-state index contributed by atoms with van der Waals surface area (Å²) >= 11 is 0. The van der Waals surface area contributed by atoms with Crippen molar-refractivity contribution in [3.63, 3.8) is 0 Å². The summed E-state index contributed by atoms with van der Waals surface area (Å²) in [7, 11) is 1.79. The quantitative estimate of drug-likeness (QED) is 0.395. The molecule has 2 aromatic rings. The summed E-state index contributed by atoms with van der Waals surface area (Å²) in [5.74, 6) is 1.56. The van der Waals surface area contributed by atoms with Gasteiger partial charge < -0.3 is 15.1 Å². The van der Waals surface area contributed by atoms with Crippen molar-refractivity contribution in [1.82, 2.24) is 10.2 Å². The molecule has 2 aliphatic heterocycles. The molecule has 0 aliphatic carbocycles. The van der Waals surface area contributed by atoms with Crippen LogP contribution in [0.2, 0.25) is 0 Å². The Labute approximate surface area is 190 Å². The zero-order valence-corrected chi connectivity index (χ0v) is 19.2. The number of nitrogens with one attached hydrogen (secondary N) is 1. The average Bonchev–Trinajstić information content (AvgIpc) is 3.36. The lowest BCUT2D eigenvalue weighted by Gasteiger charge is -2.23. The Morgan fingerprint density at radius 3 is 2.66 bits per heavy atom. The van der Waals surface area contributed by atoms with Crippen LogP contribution in [-0.4, -0.2) is 50.0 Å². The van der Waals surface area contributed by atoms with Crippen LogP contribution in [0, 0.1) is 5.92 Å². The molecular formula is C23H29IN4O. The molecule has 1 amide bonds. The molecule has 4 rings (SSSR count). The Bertz CT molecular complexity index is 855. The number of amides is 1. The second-order valence-electron chi connectivity index (χ2n) is 7.62. The van der Waals surface area contributed by atoms with Crippen LogP contribution in [0.25, 0.3) is 0 Å². The van der Waals surface area contributed by atoms with E-state index in [1.807, 2.05) is 23.1 Å². The topological polar surface area (TPSA) is 47.9 Å². The van der Waals surface area contributed by atoms with Crippen LogP contribution in [0.15, 0.2) is 59.6 Å². The molecule has 2 aliphatic rings. The van der Waals surface area contributed by atoms with Gasteiger partial charge in [0.05, 0.1) is 6.54 Å². The number of likely N-dealkylation sites (tertiary alicyclic amines) is 1. The SMILES string of the molecule is CN=C(NCC(=O)N1CCc2ccccc21)N1CCC(Cc2ccccc2)C1.I. The molecule has 5 nitrogen and oxygen atoms in total. The van der Waals surface area contributed by atoms with Crippen molar-refractivity contribution in [3.8, 4) is 0 Å². The minimum atomic E-state index is 0. The third-order valence-corrected chi connectivity index (χ3v) is 5.75. The fourth-order valence-electron chi connectivity index (χ4n) is 4.32. The van der Waals surface area contributed by atoms with Gasteiger partial charge in [-0.1, -0.05) is 48.5 Å². The Morgan fingerprint density at radius 1 is 1.10 bits per heavy atom. The molecule has 2 aromatic carbocycles. The van der Waals surface area contributed by atoms with E-state index in [0.717, 1.165) is 50.5 Å². The van der Waals surface area contributed by atoms with E-state index in [1.54, 1.807) is 7.05 Å². The molecule has 0 aromatic heterocycles. The van der Waals surface area contributed by atoms with Gasteiger partial charge in [-0.25, -0.2) is 0 Å². The zero-order chi connectivity index (χ0) is 19.3. The number of guanidine groups is 1. The van der Waals surface area contributed by atoms with Crippen molar-refractivity contribution < 1.29 is 4.79 Å². The number of benzene rings is 2. The summed E-state index contributed by atoms with van der Waals surface area (Å²) in [6, 6.07) is 18.8. The lowest BCUT2D eigenvalue weighted by molar-refractivity contribution is -0.117. The standard InChI is InChI=1S/C23H28N4O.HI/c1-24-23(26-13-11-19(17-26)15-18-7-3-2-4-8-18)25-16-22(28)27-14-12-20-9-5-6-10-21(20)27;/h2-10,19H,11-17H2,1H3,(H,24,25);1H. The van der Waals surface area contributed by atoms with Gasteiger partial charge in [-0.2, -0.15) is 0 Å². The maximum Gasteiger partial charge on any atom is 0.246 e. The predicted octanol–water partition coefficient (Wildman–Crippen LogP) is 3.33. The first-order valence-electron chi connectivity index (χ1n) is 10.1. The highest BCUT2D eigenvalue weighted by Gasteiger charge is 2.27. The van der Waals surface area contributed by atoms with Crippen molar-refractivity contribution in [2.24, 2.45) is 10.9 Å². The number of anilines is 1. The molecule has 154 valence electrons. The van der Waals surface area contributed by atoms with Crippen LogP contribution in [0.5, 0.6) is 0 Å². The third kappa shape index (κ3) is 5.10. The molecule has 1 saturated heterocycles. The number of halogens is 1. The first kappa shape index (κ1) is 21.6. The molecule has 2 heterocycles. The lowest BCUT2D eigenvalue weighted by atomic mass is 9.99. The zero-order valence-electron chi connectivity index (χ0n) is 16.9. The molecule has 1 fully saturated rings. The molecule has 0 radical (unpaired) electrons. The van der Waals surface area contributed by atoms with Gasteiger partial charge >= 0.3 is 0 Å². The van der Waals surface area contributed by atoms with Crippen molar-refractivity contribution in [3.05, 3.63) is 65.7 Å². The number of aliphatic imine (C=N–C) groups is 1.